The number of hydrogen-bond acceptors (Lipinski definition) is 6. The van der Waals surface area contributed by atoms with Gasteiger partial charge in [-0.1, -0.05) is 5.16 Å². The Morgan fingerprint density at radius 3 is 3.06 bits per heavy atom. The topological polar surface area (TPSA) is 96.9 Å². The molecule has 1 aliphatic heterocycles. The number of oxime groups is 1. The smallest absolute Gasteiger partial charge is 0.226 e. The van der Waals surface area contributed by atoms with Crippen LogP contribution in [0.15, 0.2) is 17.4 Å². The van der Waals surface area contributed by atoms with E-state index in [4.69, 9.17) is 15.7 Å². The molecule has 0 unspecified atom stereocenters. The molecular weight excluding hydrogens is 234 g/mol. The van der Waals surface area contributed by atoms with Gasteiger partial charge in [0, 0.05) is 19.3 Å². The highest BCUT2D eigenvalue weighted by Gasteiger charge is 2.28. The van der Waals surface area contributed by atoms with Gasteiger partial charge in [0.2, 0.25) is 5.95 Å². The third kappa shape index (κ3) is 2.67. The second-order valence-corrected chi connectivity index (χ2v) is 4.76. The molecule has 0 amide bonds. The van der Waals surface area contributed by atoms with E-state index in [2.05, 4.69) is 15.1 Å². The summed E-state index contributed by atoms with van der Waals surface area (Å²) in [5, 5.41) is 11.6. The molecule has 0 atom stereocenters. The van der Waals surface area contributed by atoms with Gasteiger partial charge in [-0.2, -0.15) is 0 Å². The summed E-state index contributed by atoms with van der Waals surface area (Å²) in [6.45, 7) is 6.10. The van der Waals surface area contributed by atoms with Gasteiger partial charge in [-0.3, -0.25) is 0 Å². The standard InChI is InChI=1S/C11H17N5O2/c1-11(2)7-16(5-6-18-11)10-13-4-3-8(14-10)9(12)15-17/h3-4,17H,5-7H2,1-2H3,(H2,12,15). The van der Waals surface area contributed by atoms with Gasteiger partial charge < -0.3 is 20.6 Å². The van der Waals surface area contributed by atoms with Gasteiger partial charge >= 0.3 is 0 Å². The summed E-state index contributed by atoms with van der Waals surface area (Å²) >= 11 is 0. The van der Waals surface area contributed by atoms with Gasteiger partial charge in [0.1, 0.15) is 5.69 Å². The molecule has 2 heterocycles. The first kappa shape index (κ1) is 12.6. The van der Waals surface area contributed by atoms with Crippen LogP contribution in [0.25, 0.3) is 0 Å². The van der Waals surface area contributed by atoms with Crippen LogP contribution in [0.1, 0.15) is 19.5 Å². The zero-order valence-corrected chi connectivity index (χ0v) is 10.5. The first-order valence-electron chi connectivity index (χ1n) is 5.72. The summed E-state index contributed by atoms with van der Waals surface area (Å²) < 4.78 is 5.63. The molecule has 0 bridgehead atoms. The van der Waals surface area contributed by atoms with Gasteiger partial charge in [-0.05, 0) is 19.9 Å². The Bertz CT molecular complexity index is 461. The summed E-state index contributed by atoms with van der Waals surface area (Å²) in [4.78, 5) is 10.5. The molecular formula is C11H17N5O2. The van der Waals surface area contributed by atoms with E-state index in [9.17, 15) is 0 Å². The maximum Gasteiger partial charge on any atom is 0.226 e. The van der Waals surface area contributed by atoms with Crippen molar-refractivity contribution in [3.8, 4) is 0 Å². The molecule has 0 aliphatic carbocycles. The van der Waals surface area contributed by atoms with Crippen LogP contribution in [-0.4, -0.2) is 46.3 Å². The maximum atomic E-state index is 8.64. The second kappa shape index (κ2) is 4.77. The highest BCUT2D eigenvalue weighted by molar-refractivity contribution is 5.95. The minimum absolute atomic E-state index is 0.0221. The molecule has 1 fully saturated rings. The average molecular weight is 251 g/mol. The third-order valence-corrected chi connectivity index (χ3v) is 2.72. The van der Waals surface area contributed by atoms with E-state index in [-0.39, 0.29) is 11.4 Å². The van der Waals surface area contributed by atoms with Crippen molar-refractivity contribution in [1.29, 1.82) is 0 Å². The van der Waals surface area contributed by atoms with Crippen LogP contribution in [0.2, 0.25) is 0 Å². The Morgan fingerprint density at radius 2 is 2.39 bits per heavy atom. The molecule has 0 saturated carbocycles. The van der Waals surface area contributed by atoms with Gasteiger partial charge in [-0.25, -0.2) is 9.97 Å². The van der Waals surface area contributed by atoms with E-state index >= 15 is 0 Å². The summed E-state index contributed by atoms with van der Waals surface area (Å²) in [6, 6.07) is 1.60. The molecule has 7 heteroatoms. The second-order valence-electron chi connectivity index (χ2n) is 4.76. The highest BCUT2D eigenvalue weighted by Crippen LogP contribution is 2.20. The van der Waals surface area contributed by atoms with Crippen LogP contribution in [0.5, 0.6) is 0 Å². The molecule has 1 aromatic heterocycles. The van der Waals surface area contributed by atoms with Crippen LogP contribution < -0.4 is 10.6 Å². The number of nitrogens with zero attached hydrogens (tertiary/aromatic N) is 4. The van der Waals surface area contributed by atoms with Crippen molar-refractivity contribution < 1.29 is 9.94 Å². The summed E-state index contributed by atoms with van der Waals surface area (Å²) in [6.07, 6.45) is 1.60. The van der Waals surface area contributed by atoms with E-state index in [1.807, 2.05) is 18.7 Å². The van der Waals surface area contributed by atoms with E-state index in [1.54, 1.807) is 12.3 Å². The number of nitrogens with two attached hydrogens (primary N) is 1. The summed E-state index contributed by atoms with van der Waals surface area (Å²) in [5.41, 5.74) is 5.69. The Labute approximate surface area is 105 Å². The van der Waals surface area contributed by atoms with E-state index < -0.39 is 0 Å². The van der Waals surface area contributed by atoms with Crippen molar-refractivity contribution in [3.05, 3.63) is 18.0 Å². The van der Waals surface area contributed by atoms with Gasteiger partial charge in [0.15, 0.2) is 5.84 Å². The monoisotopic (exact) mass is 251 g/mol. The van der Waals surface area contributed by atoms with Gasteiger partial charge in [-0.15, -0.1) is 0 Å². The Morgan fingerprint density at radius 1 is 1.61 bits per heavy atom. The maximum absolute atomic E-state index is 8.64. The molecule has 98 valence electrons. The molecule has 2 rings (SSSR count). The zero-order chi connectivity index (χ0) is 13.2. The Kier molecular flexibility index (Phi) is 3.33. The average Bonchev–Trinajstić information content (AvgIpc) is 2.37. The Balaban J connectivity index is 2.23. The summed E-state index contributed by atoms with van der Waals surface area (Å²) in [5.74, 6) is 0.543. The van der Waals surface area contributed by atoms with Crippen LogP contribution >= 0.6 is 0 Å². The van der Waals surface area contributed by atoms with Gasteiger partial charge in [0.05, 0.1) is 12.2 Å². The highest BCUT2D eigenvalue weighted by atomic mass is 16.5. The number of hydrogen-bond donors (Lipinski definition) is 2. The van der Waals surface area contributed by atoms with Crippen molar-refractivity contribution in [2.24, 2.45) is 10.9 Å². The van der Waals surface area contributed by atoms with Crippen molar-refractivity contribution in [1.82, 2.24) is 9.97 Å². The quantitative estimate of drug-likeness (QED) is 0.337. The number of morpholine rings is 1. The SMILES string of the molecule is CC1(C)CN(c2nccc(/C(N)=N/O)n2)CCO1. The first-order valence-corrected chi connectivity index (χ1v) is 5.72. The third-order valence-electron chi connectivity index (χ3n) is 2.72. The minimum atomic E-state index is -0.228. The van der Waals surface area contributed by atoms with Crippen LogP contribution in [-0.2, 0) is 4.74 Å². The number of anilines is 1. The molecule has 0 aromatic carbocycles. The summed E-state index contributed by atoms with van der Waals surface area (Å²) in [7, 11) is 0. The molecule has 7 nitrogen and oxygen atoms in total. The lowest BCUT2D eigenvalue weighted by atomic mass is 10.1. The molecule has 0 spiro atoms. The molecule has 1 saturated heterocycles. The fourth-order valence-corrected chi connectivity index (χ4v) is 1.88. The van der Waals surface area contributed by atoms with Gasteiger partial charge in [0.25, 0.3) is 0 Å². The number of rotatable bonds is 2. The predicted molar refractivity (Wildman–Crippen MR) is 66.8 cm³/mol. The van der Waals surface area contributed by atoms with Crippen LogP contribution in [0, 0.1) is 0 Å². The molecule has 18 heavy (non-hydrogen) atoms. The van der Waals surface area contributed by atoms with Crippen molar-refractivity contribution in [2.75, 3.05) is 24.6 Å². The lowest BCUT2D eigenvalue weighted by Crippen LogP contribution is -2.49. The molecule has 3 N–H and O–H groups in total. The lowest BCUT2D eigenvalue weighted by molar-refractivity contribution is -0.0281. The van der Waals surface area contributed by atoms with Crippen LogP contribution in [0.3, 0.4) is 0 Å². The number of ether oxygens (including phenoxy) is 1. The lowest BCUT2D eigenvalue weighted by Gasteiger charge is -2.38. The van der Waals surface area contributed by atoms with E-state index in [1.165, 1.54) is 0 Å². The normalized spacial score (nSPS) is 19.9. The number of amidine groups is 1. The zero-order valence-electron chi connectivity index (χ0n) is 10.5. The minimum Gasteiger partial charge on any atom is -0.409 e. The fraction of sp³-hybridized carbons (Fsp3) is 0.545. The predicted octanol–water partition coefficient (Wildman–Crippen LogP) is 0.186. The van der Waals surface area contributed by atoms with Crippen molar-refractivity contribution in [2.45, 2.75) is 19.4 Å². The fourth-order valence-electron chi connectivity index (χ4n) is 1.88. The van der Waals surface area contributed by atoms with E-state index in [0.717, 1.165) is 6.54 Å². The van der Waals surface area contributed by atoms with Crippen molar-refractivity contribution >= 4 is 11.8 Å². The Hall–Kier alpha value is -1.89. The largest absolute Gasteiger partial charge is 0.409 e. The van der Waals surface area contributed by atoms with E-state index in [0.29, 0.717) is 24.8 Å². The molecule has 1 aromatic rings. The molecule has 1 aliphatic rings. The van der Waals surface area contributed by atoms with Crippen LogP contribution in [0.4, 0.5) is 5.95 Å². The van der Waals surface area contributed by atoms with Crippen molar-refractivity contribution in [3.63, 3.8) is 0 Å². The number of aromatic nitrogens is 2. The first-order chi connectivity index (χ1) is 8.52. The molecule has 0 radical (unpaired) electrons.